The van der Waals surface area contributed by atoms with E-state index in [9.17, 15) is 9.18 Å². The lowest BCUT2D eigenvalue weighted by Crippen LogP contribution is -2.13. The molecule has 1 aromatic heterocycles. The molecule has 84 valence electrons. The van der Waals surface area contributed by atoms with Gasteiger partial charge in [-0.15, -0.1) is 0 Å². The van der Waals surface area contributed by atoms with Gasteiger partial charge in [-0.3, -0.25) is 4.79 Å². The van der Waals surface area contributed by atoms with Crippen molar-refractivity contribution < 1.29 is 9.18 Å². The molecule has 0 radical (unpaired) electrons. The first-order valence-electron chi connectivity index (χ1n) is 4.54. The van der Waals surface area contributed by atoms with Gasteiger partial charge in [0, 0.05) is 0 Å². The Labute approximate surface area is 94.9 Å². The second-order valence-corrected chi connectivity index (χ2v) is 3.16. The van der Waals surface area contributed by atoms with Crippen LogP contribution < -0.4 is 5.73 Å². The van der Waals surface area contributed by atoms with Gasteiger partial charge < -0.3 is 5.73 Å². The Morgan fingerprint density at radius 3 is 2.88 bits per heavy atom. The van der Waals surface area contributed by atoms with Crippen LogP contribution in [0.15, 0.2) is 18.2 Å². The number of nitrogens with two attached hydrogens (primary N) is 1. The molecule has 1 heterocycles. The van der Waals surface area contributed by atoms with E-state index in [-0.39, 0.29) is 22.5 Å². The number of carbonyl (C=O) groups excluding carboxylic acids is 1. The molecule has 2 aromatic rings. The van der Waals surface area contributed by atoms with Crippen molar-refractivity contribution in [1.29, 1.82) is 5.26 Å². The topological polar surface area (TPSA) is 108 Å². The first-order chi connectivity index (χ1) is 8.15. The molecule has 0 aliphatic carbocycles. The fourth-order valence-electron chi connectivity index (χ4n) is 1.43. The molecule has 2 rings (SSSR count). The Kier molecular flexibility index (Phi) is 2.54. The number of nitrogens with one attached hydrogen (secondary N) is 1. The number of aromatic amines is 1. The van der Waals surface area contributed by atoms with Crippen LogP contribution in [0.1, 0.15) is 16.1 Å². The largest absolute Gasteiger partial charge is 0.364 e. The smallest absolute Gasteiger partial charge is 0.271 e. The molecule has 3 N–H and O–H groups in total. The molecule has 7 heteroatoms. The van der Waals surface area contributed by atoms with E-state index in [1.807, 2.05) is 6.07 Å². The molecular formula is C10H6FN5O. The van der Waals surface area contributed by atoms with Crippen LogP contribution in [-0.2, 0) is 0 Å². The summed E-state index contributed by atoms with van der Waals surface area (Å²) in [4.78, 5) is 11.1. The maximum absolute atomic E-state index is 13.7. The van der Waals surface area contributed by atoms with Gasteiger partial charge in [-0.05, 0) is 12.1 Å². The van der Waals surface area contributed by atoms with Gasteiger partial charge in [0.2, 0.25) is 0 Å². The average Bonchev–Trinajstić information content (AvgIpc) is 2.77. The summed E-state index contributed by atoms with van der Waals surface area (Å²) >= 11 is 0. The number of H-pyrrole nitrogens is 1. The minimum absolute atomic E-state index is 0.0569. The molecule has 0 atom stereocenters. The standard InChI is InChI=1S/C10H6FN5O/c11-6-3-1-2-5(4-12)7(6)8-9(10(13)17)15-16-14-8/h1-3H,(H2,13,17)(H,14,15,16). The summed E-state index contributed by atoms with van der Waals surface area (Å²) in [6, 6.07) is 5.78. The number of aromatic nitrogens is 3. The molecular weight excluding hydrogens is 225 g/mol. The average molecular weight is 231 g/mol. The van der Waals surface area contributed by atoms with Gasteiger partial charge in [0.25, 0.3) is 5.91 Å². The summed E-state index contributed by atoms with van der Waals surface area (Å²) in [7, 11) is 0. The van der Waals surface area contributed by atoms with Crippen molar-refractivity contribution in [2.75, 3.05) is 0 Å². The van der Waals surface area contributed by atoms with Crippen molar-refractivity contribution >= 4 is 5.91 Å². The SMILES string of the molecule is N#Cc1cccc(F)c1-c1n[nH]nc1C(N)=O. The Morgan fingerprint density at radius 2 is 2.24 bits per heavy atom. The lowest BCUT2D eigenvalue weighted by atomic mass is 10.0. The quantitative estimate of drug-likeness (QED) is 0.787. The molecule has 1 aromatic carbocycles. The highest BCUT2D eigenvalue weighted by atomic mass is 19.1. The zero-order valence-corrected chi connectivity index (χ0v) is 8.44. The fraction of sp³-hybridized carbons (Fsp3) is 0. The van der Waals surface area contributed by atoms with E-state index >= 15 is 0 Å². The molecule has 0 saturated heterocycles. The summed E-state index contributed by atoms with van der Waals surface area (Å²) < 4.78 is 13.7. The number of nitrogens with zero attached hydrogens (tertiary/aromatic N) is 3. The van der Waals surface area contributed by atoms with Crippen LogP contribution in [0.4, 0.5) is 4.39 Å². The Balaban J connectivity index is 2.73. The first-order valence-corrected chi connectivity index (χ1v) is 4.54. The third-order valence-corrected chi connectivity index (χ3v) is 2.15. The van der Waals surface area contributed by atoms with Crippen LogP contribution in [0.2, 0.25) is 0 Å². The van der Waals surface area contributed by atoms with Crippen LogP contribution in [0.25, 0.3) is 11.3 Å². The summed E-state index contributed by atoms with van der Waals surface area (Å²) in [6.45, 7) is 0. The Hall–Kier alpha value is -2.75. The van der Waals surface area contributed by atoms with Crippen LogP contribution >= 0.6 is 0 Å². The van der Waals surface area contributed by atoms with E-state index < -0.39 is 11.7 Å². The van der Waals surface area contributed by atoms with E-state index in [4.69, 9.17) is 11.0 Å². The number of primary amides is 1. The maximum atomic E-state index is 13.7. The third-order valence-electron chi connectivity index (χ3n) is 2.15. The highest BCUT2D eigenvalue weighted by Crippen LogP contribution is 2.26. The number of rotatable bonds is 2. The van der Waals surface area contributed by atoms with Gasteiger partial charge in [-0.1, -0.05) is 6.07 Å². The van der Waals surface area contributed by atoms with Crippen molar-refractivity contribution in [3.8, 4) is 17.3 Å². The normalized spacial score (nSPS) is 9.88. The van der Waals surface area contributed by atoms with Crippen LogP contribution in [0, 0.1) is 17.1 Å². The minimum atomic E-state index is -0.846. The minimum Gasteiger partial charge on any atom is -0.364 e. The van der Waals surface area contributed by atoms with Gasteiger partial charge in [0.1, 0.15) is 11.5 Å². The summed E-state index contributed by atoms with van der Waals surface area (Å²) in [6.07, 6.45) is 0. The number of hydrogen-bond acceptors (Lipinski definition) is 4. The summed E-state index contributed by atoms with van der Waals surface area (Å²) in [5.74, 6) is -1.51. The molecule has 0 aliphatic heterocycles. The van der Waals surface area contributed by atoms with Crippen molar-refractivity contribution in [1.82, 2.24) is 15.4 Å². The van der Waals surface area contributed by atoms with Crippen molar-refractivity contribution in [2.45, 2.75) is 0 Å². The second-order valence-electron chi connectivity index (χ2n) is 3.16. The molecule has 17 heavy (non-hydrogen) atoms. The molecule has 6 nitrogen and oxygen atoms in total. The highest BCUT2D eigenvalue weighted by Gasteiger charge is 2.21. The predicted molar refractivity (Wildman–Crippen MR) is 55.0 cm³/mol. The fourth-order valence-corrected chi connectivity index (χ4v) is 1.43. The summed E-state index contributed by atoms with van der Waals surface area (Å²) in [5.41, 5.74) is 4.78. The van der Waals surface area contributed by atoms with Gasteiger partial charge in [-0.2, -0.15) is 20.7 Å². The first kappa shape index (κ1) is 10.8. The Morgan fingerprint density at radius 1 is 1.47 bits per heavy atom. The number of nitriles is 1. The van der Waals surface area contributed by atoms with Gasteiger partial charge >= 0.3 is 0 Å². The van der Waals surface area contributed by atoms with Gasteiger partial charge in [0.15, 0.2) is 5.69 Å². The van der Waals surface area contributed by atoms with E-state index in [1.165, 1.54) is 12.1 Å². The van der Waals surface area contributed by atoms with E-state index in [0.717, 1.165) is 6.07 Å². The van der Waals surface area contributed by atoms with Gasteiger partial charge in [0.05, 0.1) is 17.2 Å². The number of amides is 1. The van der Waals surface area contributed by atoms with Crippen LogP contribution in [-0.4, -0.2) is 21.3 Å². The molecule has 0 bridgehead atoms. The molecule has 0 unspecified atom stereocenters. The maximum Gasteiger partial charge on any atom is 0.271 e. The predicted octanol–water partition coefficient (Wildman–Crippen LogP) is 0.581. The lowest BCUT2D eigenvalue weighted by Gasteiger charge is -2.02. The Bertz CT molecular complexity index is 628. The zero-order valence-electron chi connectivity index (χ0n) is 8.44. The molecule has 0 fully saturated rings. The number of hydrogen-bond donors (Lipinski definition) is 2. The van der Waals surface area contributed by atoms with E-state index in [2.05, 4.69) is 15.4 Å². The highest BCUT2D eigenvalue weighted by molar-refractivity contribution is 5.97. The molecule has 0 saturated carbocycles. The van der Waals surface area contributed by atoms with Crippen LogP contribution in [0.5, 0.6) is 0 Å². The molecule has 0 aliphatic rings. The monoisotopic (exact) mass is 231 g/mol. The lowest BCUT2D eigenvalue weighted by molar-refractivity contribution is 0.0996. The van der Waals surface area contributed by atoms with Gasteiger partial charge in [-0.25, -0.2) is 4.39 Å². The zero-order chi connectivity index (χ0) is 12.4. The van der Waals surface area contributed by atoms with Crippen molar-refractivity contribution in [2.24, 2.45) is 5.73 Å². The van der Waals surface area contributed by atoms with Crippen molar-refractivity contribution in [3.63, 3.8) is 0 Å². The third kappa shape index (κ3) is 1.72. The molecule has 1 amide bonds. The van der Waals surface area contributed by atoms with Crippen molar-refractivity contribution in [3.05, 3.63) is 35.3 Å². The number of halogens is 1. The second kappa shape index (κ2) is 4.02. The van der Waals surface area contributed by atoms with Crippen LogP contribution in [0.3, 0.4) is 0 Å². The molecule has 0 spiro atoms. The number of carbonyl (C=O) groups is 1. The number of benzene rings is 1. The van der Waals surface area contributed by atoms with E-state index in [1.54, 1.807) is 0 Å². The van der Waals surface area contributed by atoms with E-state index in [0.29, 0.717) is 0 Å². The summed E-state index contributed by atoms with van der Waals surface area (Å²) in [5, 5.41) is 18.2.